The Hall–Kier alpha value is -3.15. The highest BCUT2D eigenvalue weighted by molar-refractivity contribution is 7.22. The Bertz CT molecular complexity index is 1190. The van der Waals surface area contributed by atoms with E-state index in [1.54, 1.807) is 19.2 Å². The average molecular weight is 398 g/mol. The van der Waals surface area contributed by atoms with Gasteiger partial charge < -0.3 is 9.15 Å². The second-order valence-corrected chi connectivity index (χ2v) is 7.06. The fourth-order valence-electron chi connectivity index (χ4n) is 2.60. The van der Waals surface area contributed by atoms with E-state index < -0.39 is 0 Å². The first-order chi connectivity index (χ1) is 13.1. The van der Waals surface area contributed by atoms with Gasteiger partial charge in [0.05, 0.1) is 22.4 Å². The van der Waals surface area contributed by atoms with E-state index in [0.29, 0.717) is 32.9 Å². The molecule has 0 bridgehead atoms. The van der Waals surface area contributed by atoms with Crippen LogP contribution in [0.25, 0.3) is 21.7 Å². The van der Waals surface area contributed by atoms with E-state index in [4.69, 9.17) is 26.0 Å². The number of aryl methyl sites for hydroxylation is 1. The summed E-state index contributed by atoms with van der Waals surface area (Å²) in [5.41, 5.74) is 2.60. The normalized spacial score (nSPS) is 10.7. The zero-order valence-corrected chi connectivity index (χ0v) is 15.9. The minimum Gasteiger partial charge on any atom is -0.494 e. The molecule has 0 saturated heterocycles. The van der Waals surface area contributed by atoms with Gasteiger partial charge in [0.15, 0.2) is 5.13 Å². The maximum absolute atomic E-state index is 9.16. The third kappa shape index (κ3) is 3.18. The molecule has 4 rings (SSSR count). The molecule has 27 heavy (non-hydrogen) atoms. The number of hydrogen-bond donors (Lipinski definition) is 1. The Kier molecular flexibility index (Phi) is 4.39. The highest BCUT2D eigenvalue weighted by Crippen LogP contribution is 2.34. The van der Waals surface area contributed by atoms with Crippen LogP contribution in [0.2, 0.25) is 5.02 Å². The van der Waals surface area contributed by atoms with Gasteiger partial charge in [-0.15, -0.1) is 5.10 Å². The van der Waals surface area contributed by atoms with Gasteiger partial charge in [-0.1, -0.05) is 34.1 Å². The van der Waals surface area contributed by atoms with Crippen LogP contribution in [0.4, 0.5) is 11.1 Å². The second kappa shape index (κ2) is 6.87. The van der Waals surface area contributed by atoms with Crippen molar-refractivity contribution in [3.63, 3.8) is 0 Å². The minimum absolute atomic E-state index is 0.205. The summed E-state index contributed by atoms with van der Waals surface area (Å²) >= 11 is 7.49. The fraction of sp³-hybridized carbons (Fsp3) is 0.111. The van der Waals surface area contributed by atoms with E-state index in [9.17, 15) is 0 Å². The van der Waals surface area contributed by atoms with E-state index in [1.165, 1.54) is 11.3 Å². The van der Waals surface area contributed by atoms with Gasteiger partial charge in [0.1, 0.15) is 17.3 Å². The SMILES string of the molecule is COc1cccc2sc(Nc3nnc(-c4cc(C#N)c(Cl)cc4C)o3)nc12. The van der Waals surface area contributed by atoms with E-state index in [1.807, 2.05) is 31.2 Å². The first-order valence-electron chi connectivity index (χ1n) is 7.83. The molecule has 0 fully saturated rings. The van der Waals surface area contributed by atoms with E-state index in [-0.39, 0.29) is 6.01 Å². The molecule has 7 nitrogen and oxygen atoms in total. The number of nitrogens with zero attached hydrogens (tertiary/aromatic N) is 4. The molecule has 2 aromatic carbocycles. The van der Waals surface area contributed by atoms with Crippen LogP contribution in [0.15, 0.2) is 34.7 Å². The Labute approximate surface area is 163 Å². The predicted molar refractivity (Wildman–Crippen MR) is 104 cm³/mol. The minimum atomic E-state index is 0.205. The molecule has 0 aliphatic heterocycles. The summed E-state index contributed by atoms with van der Waals surface area (Å²) in [6.45, 7) is 1.86. The maximum Gasteiger partial charge on any atom is 0.322 e. The zero-order valence-electron chi connectivity index (χ0n) is 14.3. The van der Waals surface area contributed by atoms with Crippen LogP contribution in [-0.4, -0.2) is 22.3 Å². The number of aromatic nitrogens is 3. The molecule has 0 aliphatic carbocycles. The van der Waals surface area contributed by atoms with Crippen LogP contribution in [-0.2, 0) is 0 Å². The summed E-state index contributed by atoms with van der Waals surface area (Å²) in [6, 6.07) is 11.3. The Morgan fingerprint density at radius 1 is 1.30 bits per heavy atom. The van der Waals surface area contributed by atoms with Crippen molar-refractivity contribution in [3.8, 4) is 23.3 Å². The van der Waals surface area contributed by atoms with E-state index >= 15 is 0 Å². The number of anilines is 2. The molecule has 4 aromatic rings. The largest absolute Gasteiger partial charge is 0.494 e. The van der Waals surface area contributed by atoms with Crippen LogP contribution < -0.4 is 10.1 Å². The summed E-state index contributed by atoms with van der Waals surface area (Å²) < 4.78 is 12.0. The van der Waals surface area contributed by atoms with E-state index in [2.05, 4.69) is 20.5 Å². The van der Waals surface area contributed by atoms with Crippen molar-refractivity contribution in [3.05, 3.63) is 46.5 Å². The summed E-state index contributed by atoms with van der Waals surface area (Å²) in [6.07, 6.45) is 0. The van der Waals surface area contributed by atoms with Crippen LogP contribution in [0.3, 0.4) is 0 Å². The highest BCUT2D eigenvalue weighted by atomic mass is 35.5. The van der Waals surface area contributed by atoms with Crippen LogP contribution in [0, 0.1) is 18.3 Å². The van der Waals surface area contributed by atoms with Crippen molar-refractivity contribution in [1.82, 2.24) is 15.2 Å². The average Bonchev–Trinajstić information content (AvgIpc) is 3.28. The number of thiazole rings is 1. The number of benzene rings is 2. The zero-order chi connectivity index (χ0) is 19.0. The number of nitriles is 1. The molecule has 9 heteroatoms. The number of halogens is 1. The molecular weight excluding hydrogens is 386 g/mol. The Morgan fingerprint density at radius 3 is 2.93 bits per heavy atom. The molecule has 2 heterocycles. The molecule has 0 radical (unpaired) electrons. The lowest BCUT2D eigenvalue weighted by molar-refractivity contribution is 0.419. The van der Waals surface area contributed by atoms with Crippen molar-refractivity contribution < 1.29 is 9.15 Å². The van der Waals surface area contributed by atoms with Gasteiger partial charge >= 0.3 is 6.01 Å². The molecule has 1 N–H and O–H groups in total. The summed E-state index contributed by atoms with van der Waals surface area (Å²) in [5.74, 6) is 0.991. The van der Waals surface area contributed by atoms with E-state index in [0.717, 1.165) is 15.8 Å². The van der Waals surface area contributed by atoms with Crippen molar-refractivity contribution in [2.45, 2.75) is 6.92 Å². The third-order valence-corrected chi connectivity index (χ3v) is 5.15. The standard InChI is InChI=1S/C18H12ClN5O2S/c1-9-6-12(19)10(8-20)7-11(9)16-23-24-17(26-16)22-18-21-15-13(25-2)4-3-5-14(15)27-18/h3-7H,1-2H3,(H,21,22,24). The van der Waals surface area contributed by atoms with Crippen LogP contribution in [0.1, 0.15) is 11.1 Å². The van der Waals surface area contributed by atoms with Crippen LogP contribution in [0.5, 0.6) is 5.75 Å². The molecule has 0 aliphatic rings. The van der Waals surface area contributed by atoms with Crippen LogP contribution >= 0.6 is 22.9 Å². The fourth-order valence-corrected chi connectivity index (χ4v) is 3.74. The highest BCUT2D eigenvalue weighted by Gasteiger charge is 2.16. The number of rotatable bonds is 4. The van der Waals surface area contributed by atoms with Gasteiger partial charge in [0.2, 0.25) is 5.89 Å². The van der Waals surface area contributed by atoms with Crippen molar-refractivity contribution in [2.75, 3.05) is 12.4 Å². The van der Waals surface area contributed by atoms with Gasteiger partial charge in [-0.05, 0) is 36.8 Å². The summed E-state index contributed by atoms with van der Waals surface area (Å²) in [4.78, 5) is 4.51. The number of nitrogens with one attached hydrogen (secondary N) is 1. The molecule has 2 aromatic heterocycles. The monoisotopic (exact) mass is 397 g/mol. The Morgan fingerprint density at radius 2 is 2.15 bits per heavy atom. The number of hydrogen-bond acceptors (Lipinski definition) is 8. The van der Waals surface area contributed by atoms with Crippen molar-refractivity contribution in [2.24, 2.45) is 0 Å². The van der Waals surface area contributed by atoms with Gasteiger partial charge in [0.25, 0.3) is 0 Å². The smallest absolute Gasteiger partial charge is 0.322 e. The molecule has 0 spiro atoms. The molecule has 134 valence electrons. The quantitative estimate of drug-likeness (QED) is 0.521. The van der Waals surface area contributed by atoms with Gasteiger partial charge in [-0.3, -0.25) is 5.32 Å². The summed E-state index contributed by atoms with van der Waals surface area (Å²) in [5, 5.41) is 21.2. The molecule has 0 unspecified atom stereocenters. The van der Waals surface area contributed by atoms with Crippen molar-refractivity contribution in [1.29, 1.82) is 5.26 Å². The second-order valence-electron chi connectivity index (χ2n) is 5.62. The van der Waals surface area contributed by atoms with Gasteiger partial charge in [-0.2, -0.15) is 5.26 Å². The first-order valence-corrected chi connectivity index (χ1v) is 9.03. The molecule has 0 saturated carbocycles. The predicted octanol–water partition coefficient (Wildman–Crippen LogP) is 4.93. The molecule has 0 amide bonds. The third-order valence-electron chi connectivity index (χ3n) is 3.91. The Balaban J connectivity index is 1.65. The van der Waals surface area contributed by atoms with Gasteiger partial charge in [-0.25, -0.2) is 4.98 Å². The maximum atomic E-state index is 9.16. The van der Waals surface area contributed by atoms with Crippen molar-refractivity contribution >= 4 is 44.3 Å². The summed E-state index contributed by atoms with van der Waals surface area (Å²) in [7, 11) is 1.61. The molecule has 0 atom stereocenters. The number of methoxy groups -OCH3 is 1. The van der Waals surface area contributed by atoms with Gasteiger partial charge in [0, 0.05) is 5.56 Å². The lowest BCUT2D eigenvalue weighted by Crippen LogP contribution is -1.89. The lowest BCUT2D eigenvalue weighted by Gasteiger charge is -2.03. The number of ether oxygens (including phenoxy) is 1. The topological polar surface area (TPSA) is 96.9 Å². The lowest BCUT2D eigenvalue weighted by atomic mass is 10.1. The number of para-hydroxylation sites is 1. The number of fused-ring (bicyclic) bond motifs is 1. The first kappa shape index (κ1) is 17.3. The molecular formula is C18H12ClN5O2S.